The largest absolute Gasteiger partial charge is 0.352 e. The van der Waals surface area contributed by atoms with E-state index in [1.165, 1.54) is 24.1 Å². The Kier molecular flexibility index (Phi) is 3.54. The van der Waals surface area contributed by atoms with Gasteiger partial charge in [-0.05, 0) is 37.9 Å². The van der Waals surface area contributed by atoms with Crippen LogP contribution >= 0.6 is 0 Å². The third kappa shape index (κ3) is 2.59. The molecule has 0 aromatic carbocycles. The molecule has 3 heterocycles. The lowest BCUT2D eigenvalue weighted by molar-refractivity contribution is 0.197. The molecule has 0 amide bonds. The minimum absolute atomic E-state index is 0.610. The van der Waals surface area contributed by atoms with Crippen molar-refractivity contribution in [3.63, 3.8) is 0 Å². The van der Waals surface area contributed by atoms with E-state index in [2.05, 4.69) is 42.7 Å². The molecule has 2 aromatic rings. The van der Waals surface area contributed by atoms with Crippen LogP contribution in [-0.2, 0) is 19.4 Å². The van der Waals surface area contributed by atoms with Crippen molar-refractivity contribution in [3.8, 4) is 0 Å². The van der Waals surface area contributed by atoms with E-state index in [0.29, 0.717) is 6.04 Å². The molecule has 1 aliphatic carbocycles. The molecule has 0 atom stereocenters. The van der Waals surface area contributed by atoms with Crippen LogP contribution < -0.4 is 4.90 Å². The van der Waals surface area contributed by atoms with Crippen LogP contribution in [0, 0.1) is 0 Å². The smallest absolute Gasteiger partial charge is 0.151 e. The summed E-state index contributed by atoms with van der Waals surface area (Å²) in [5.41, 5.74) is 2.61. The maximum Gasteiger partial charge on any atom is 0.151 e. The van der Waals surface area contributed by atoms with Gasteiger partial charge in [-0.25, -0.2) is 4.98 Å². The standard InChI is InChI=1S/C16H22N6/c1-20(7-8-21-6-5-17-12-21)14-10-22(11-14)16-9-13-3-2-4-15(13)18-19-16/h5-6,9,12,14H,2-4,7-8,10-11H2,1H3. The van der Waals surface area contributed by atoms with Crippen molar-refractivity contribution in [2.45, 2.75) is 31.8 Å². The average molecular weight is 298 g/mol. The van der Waals surface area contributed by atoms with Crippen molar-refractivity contribution in [1.82, 2.24) is 24.6 Å². The monoisotopic (exact) mass is 298 g/mol. The Labute approximate surface area is 130 Å². The lowest BCUT2D eigenvalue weighted by Crippen LogP contribution is -2.59. The molecule has 0 spiro atoms. The zero-order chi connectivity index (χ0) is 14.9. The summed E-state index contributed by atoms with van der Waals surface area (Å²) in [6.45, 7) is 4.14. The summed E-state index contributed by atoms with van der Waals surface area (Å²) >= 11 is 0. The van der Waals surface area contributed by atoms with E-state index in [-0.39, 0.29) is 0 Å². The number of rotatable bonds is 5. The third-order valence-electron chi connectivity index (χ3n) is 4.89. The number of nitrogens with zero attached hydrogens (tertiary/aromatic N) is 6. The molecule has 6 heteroatoms. The molecule has 1 fully saturated rings. The minimum atomic E-state index is 0.610. The molecule has 1 saturated heterocycles. The van der Waals surface area contributed by atoms with Gasteiger partial charge in [0.15, 0.2) is 5.82 Å². The lowest BCUT2D eigenvalue weighted by Gasteiger charge is -2.44. The van der Waals surface area contributed by atoms with Gasteiger partial charge in [-0.1, -0.05) is 0 Å². The Morgan fingerprint density at radius 2 is 2.18 bits per heavy atom. The van der Waals surface area contributed by atoms with Gasteiger partial charge in [-0.3, -0.25) is 4.90 Å². The zero-order valence-corrected chi connectivity index (χ0v) is 13.0. The second-order valence-electron chi connectivity index (χ2n) is 6.37. The number of anilines is 1. The maximum absolute atomic E-state index is 4.40. The molecular weight excluding hydrogens is 276 g/mol. The molecule has 0 N–H and O–H groups in total. The number of aromatic nitrogens is 4. The Balaban J connectivity index is 1.30. The highest BCUT2D eigenvalue weighted by atomic mass is 15.4. The topological polar surface area (TPSA) is 50.1 Å². The molecule has 0 unspecified atom stereocenters. The fraction of sp³-hybridized carbons (Fsp3) is 0.562. The number of fused-ring (bicyclic) bond motifs is 1. The first-order valence-electron chi connectivity index (χ1n) is 8.06. The molecule has 116 valence electrons. The fourth-order valence-corrected chi connectivity index (χ4v) is 3.27. The van der Waals surface area contributed by atoms with Crippen LogP contribution in [0.3, 0.4) is 0 Å². The Morgan fingerprint density at radius 1 is 1.27 bits per heavy atom. The molecule has 0 radical (unpaired) electrons. The highest BCUT2D eigenvalue weighted by Gasteiger charge is 2.31. The van der Waals surface area contributed by atoms with Gasteiger partial charge in [0.25, 0.3) is 0 Å². The van der Waals surface area contributed by atoms with E-state index in [4.69, 9.17) is 0 Å². The van der Waals surface area contributed by atoms with Crippen LogP contribution in [0.4, 0.5) is 5.82 Å². The van der Waals surface area contributed by atoms with Crippen LogP contribution in [0.1, 0.15) is 17.7 Å². The Bertz CT molecular complexity index is 632. The summed E-state index contributed by atoms with van der Waals surface area (Å²) in [5, 5.41) is 8.78. The van der Waals surface area contributed by atoms with Crippen LogP contribution in [0.5, 0.6) is 0 Å². The highest BCUT2D eigenvalue weighted by molar-refractivity contribution is 5.45. The van der Waals surface area contributed by atoms with E-state index in [1.54, 1.807) is 0 Å². The van der Waals surface area contributed by atoms with Gasteiger partial charge in [0.05, 0.1) is 12.0 Å². The zero-order valence-electron chi connectivity index (χ0n) is 13.0. The molecule has 2 aliphatic rings. The van der Waals surface area contributed by atoms with Crippen LogP contribution in [0.25, 0.3) is 0 Å². The van der Waals surface area contributed by atoms with E-state index in [0.717, 1.165) is 38.4 Å². The number of likely N-dealkylation sites (N-methyl/N-ethyl adjacent to an activating group) is 1. The summed E-state index contributed by atoms with van der Waals surface area (Å²) in [7, 11) is 2.20. The van der Waals surface area contributed by atoms with E-state index >= 15 is 0 Å². The molecule has 0 saturated carbocycles. The molecule has 6 nitrogen and oxygen atoms in total. The van der Waals surface area contributed by atoms with Gasteiger partial charge in [0.2, 0.25) is 0 Å². The highest BCUT2D eigenvalue weighted by Crippen LogP contribution is 2.26. The Morgan fingerprint density at radius 3 is 3.00 bits per heavy atom. The number of hydrogen-bond donors (Lipinski definition) is 0. The van der Waals surface area contributed by atoms with Crippen molar-refractivity contribution in [1.29, 1.82) is 0 Å². The molecule has 2 aromatic heterocycles. The van der Waals surface area contributed by atoms with Gasteiger partial charge >= 0.3 is 0 Å². The predicted octanol–water partition coefficient (Wildman–Crippen LogP) is 0.982. The normalized spacial score (nSPS) is 17.8. The lowest BCUT2D eigenvalue weighted by atomic mass is 10.1. The minimum Gasteiger partial charge on any atom is -0.352 e. The second kappa shape index (κ2) is 5.68. The number of hydrogen-bond acceptors (Lipinski definition) is 5. The molecule has 4 rings (SSSR count). The first-order chi connectivity index (χ1) is 10.8. The fourth-order valence-electron chi connectivity index (χ4n) is 3.27. The van der Waals surface area contributed by atoms with Crippen molar-refractivity contribution in [3.05, 3.63) is 36.0 Å². The van der Waals surface area contributed by atoms with Gasteiger partial charge in [0, 0.05) is 44.6 Å². The molecule has 22 heavy (non-hydrogen) atoms. The van der Waals surface area contributed by atoms with Crippen molar-refractivity contribution < 1.29 is 0 Å². The summed E-state index contributed by atoms with van der Waals surface area (Å²) in [6.07, 6.45) is 9.22. The van der Waals surface area contributed by atoms with Gasteiger partial charge in [-0.15, -0.1) is 5.10 Å². The first-order valence-corrected chi connectivity index (χ1v) is 8.06. The molecule has 0 bridgehead atoms. The van der Waals surface area contributed by atoms with Crippen molar-refractivity contribution in [2.24, 2.45) is 0 Å². The quantitative estimate of drug-likeness (QED) is 0.824. The second-order valence-corrected chi connectivity index (χ2v) is 6.37. The summed E-state index contributed by atoms with van der Waals surface area (Å²) in [5.74, 6) is 1.06. The summed E-state index contributed by atoms with van der Waals surface area (Å²) in [4.78, 5) is 8.85. The number of aryl methyl sites for hydroxylation is 2. The Hall–Kier alpha value is -1.95. The van der Waals surface area contributed by atoms with E-state index < -0.39 is 0 Å². The van der Waals surface area contributed by atoms with Crippen molar-refractivity contribution in [2.75, 3.05) is 31.6 Å². The molecule has 1 aliphatic heterocycles. The maximum atomic E-state index is 4.40. The van der Waals surface area contributed by atoms with Crippen molar-refractivity contribution >= 4 is 5.82 Å². The summed E-state index contributed by atoms with van der Waals surface area (Å²) < 4.78 is 2.12. The van der Waals surface area contributed by atoms with E-state index in [9.17, 15) is 0 Å². The number of imidazole rings is 1. The average Bonchev–Trinajstić information content (AvgIpc) is 3.14. The van der Waals surface area contributed by atoms with Crippen LogP contribution in [0.15, 0.2) is 24.8 Å². The van der Waals surface area contributed by atoms with Gasteiger partial charge in [-0.2, -0.15) is 5.10 Å². The SMILES string of the molecule is CN(CCn1ccnc1)C1CN(c2cc3c(nn2)CCC3)C1. The molecular formula is C16H22N6. The first kappa shape index (κ1) is 13.7. The third-order valence-corrected chi connectivity index (χ3v) is 4.89. The van der Waals surface area contributed by atoms with E-state index in [1.807, 2.05) is 18.7 Å². The van der Waals surface area contributed by atoms with Gasteiger partial charge < -0.3 is 9.47 Å². The van der Waals surface area contributed by atoms with Crippen LogP contribution in [-0.4, -0.2) is 57.4 Å². The predicted molar refractivity (Wildman–Crippen MR) is 84.9 cm³/mol. The summed E-state index contributed by atoms with van der Waals surface area (Å²) in [6, 6.07) is 2.86. The van der Waals surface area contributed by atoms with Crippen LogP contribution in [0.2, 0.25) is 0 Å². The van der Waals surface area contributed by atoms with Gasteiger partial charge in [0.1, 0.15) is 0 Å².